The van der Waals surface area contributed by atoms with Gasteiger partial charge >= 0.3 is 6.09 Å². The molecule has 3 fully saturated rings. The van der Waals surface area contributed by atoms with Crippen LogP contribution in [-0.4, -0.2) is 126 Å². The van der Waals surface area contributed by atoms with E-state index in [-0.39, 0.29) is 30.5 Å². The van der Waals surface area contributed by atoms with Crippen molar-refractivity contribution in [3.63, 3.8) is 0 Å². The molecule has 5 heterocycles. The van der Waals surface area contributed by atoms with Crippen LogP contribution in [0.2, 0.25) is 0 Å². The highest BCUT2D eigenvalue weighted by atomic mass is 16.6. The number of fused-ring (bicyclic) bond motifs is 1. The number of nitrogens with zero attached hydrogens (tertiary/aromatic N) is 5. The van der Waals surface area contributed by atoms with Gasteiger partial charge in [-0.25, -0.2) is 14.5 Å². The lowest BCUT2D eigenvalue weighted by atomic mass is 10.0. The average Bonchev–Trinajstić information content (AvgIpc) is 3.52. The van der Waals surface area contributed by atoms with Gasteiger partial charge in [0.1, 0.15) is 5.60 Å². The maximum absolute atomic E-state index is 13.6. The fourth-order valence-corrected chi connectivity index (χ4v) is 8.66. The van der Waals surface area contributed by atoms with Crippen molar-refractivity contribution in [1.29, 1.82) is 0 Å². The molecule has 5 N–H and O–H groups in total. The maximum Gasteiger partial charge on any atom is 0.410 e. The molecule has 2 aromatic carbocycles. The molecule has 0 saturated carbocycles. The first-order chi connectivity index (χ1) is 34.8. The molecular formula is C57H84N10O5. The van der Waals surface area contributed by atoms with Crippen molar-refractivity contribution < 1.29 is 23.9 Å². The Kier molecular flexibility index (Phi) is 23.4. The van der Waals surface area contributed by atoms with Gasteiger partial charge in [-0.3, -0.25) is 14.5 Å². The lowest BCUT2D eigenvalue weighted by molar-refractivity contribution is 0.0262. The zero-order valence-corrected chi connectivity index (χ0v) is 44.8. The Hall–Kier alpha value is -5.87. The third-order valence-corrected chi connectivity index (χ3v) is 12.5. The molecule has 15 heteroatoms. The van der Waals surface area contributed by atoms with Crippen molar-refractivity contribution in [2.24, 2.45) is 0 Å². The van der Waals surface area contributed by atoms with Crippen LogP contribution in [0.25, 0.3) is 17.1 Å². The molecule has 0 radical (unpaired) electrons. The monoisotopic (exact) mass is 989 g/mol. The Balaban J connectivity index is 0.000000515. The van der Waals surface area contributed by atoms with Gasteiger partial charge in [0, 0.05) is 101 Å². The largest absolute Gasteiger partial charge is 0.444 e. The SMILES string of the molecule is CC.CC(C)(C)OC(=O)N1CCCNCC1.CCc1nc2c(cnn2CC)c(NC2CCOCC2)c1CNC(=O)c1cccc(C(=O)NCC(/C=C\C=C\c2cccc(CN3CCCNCC3)c2)=C(C)C)c1. The standard InChI is InChI=1S/C45H58N8O3.C10H20N2O2.C2H6/c1-5-41-39(42(50-38-18-24-56-25-19-38)40-30-49-53(6-2)43(40)51-41)29-48-45(55)36-17-10-16-35(27-36)44(54)47-28-37(32(3)4)15-8-7-12-33-13-9-14-34(26-33)31-52-22-11-20-46-21-23-52;1-10(2,3)14-9(13)12-7-4-5-11-6-8-12;1-2/h7-10,12-17,26-27,30,38,46H,5-6,11,18-25,28-29,31H2,1-4H3,(H,47,54)(H,48,55)(H,50,51);11H,4-8H2,1-3H3;1-2H3/b12-7+,15-8-;;. The van der Waals surface area contributed by atoms with E-state index in [2.05, 4.69) is 80.8 Å². The van der Waals surface area contributed by atoms with Crippen LogP contribution in [0.15, 0.2) is 84.1 Å². The second-order valence-corrected chi connectivity index (χ2v) is 19.4. The molecule has 0 spiro atoms. The molecule has 72 heavy (non-hydrogen) atoms. The predicted molar refractivity (Wildman–Crippen MR) is 292 cm³/mol. The summed E-state index contributed by atoms with van der Waals surface area (Å²) >= 11 is 0. The van der Waals surface area contributed by atoms with Crippen LogP contribution in [0.5, 0.6) is 0 Å². The molecule has 4 aromatic rings. The van der Waals surface area contributed by atoms with Crippen molar-refractivity contribution in [3.8, 4) is 0 Å². The molecule has 7 rings (SSSR count). The summed E-state index contributed by atoms with van der Waals surface area (Å²) in [5.74, 6) is -0.495. The van der Waals surface area contributed by atoms with Gasteiger partial charge in [0.05, 0.1) is 17.3 Å². The molecule has 3 aliphatic heterocycles. The number of aromatic nitrogens is 3. The van der Waals surface area contributed by atoms with Crippen LogP contribution < -0.4 is 26.6 Å². The molecule has 0 atom stereocenters. The number of aryl methyl sites for hydroxylation is 2. The quantitative estimate of drug-likeness (QED) is 0.0722. The van der Waals surface area contributed by atoms with Crippen molar-refractivity contribution in [1.82, 2.24) is 45.8 Å². The van der Waals surface area contributed by atoms with Crippen LogP contribution >= 0.6 is 0 Å². The Morgan fingerprint density at radius 3 is 2.25 bits per heavy atom. The topological polar surface area (TPSA) is 167 Å². The number of pyridine rings is 1. The van der Waals surface area contributed by atoms with E-state index in [4.69, 9.17) is 14.5 Å². The van der Waals surface area contributed by atoms with Crippen molar-refractivity contribution in [2.75, 3.05) is 77.4 Å². The third kappa shape index (κ3) is 18.0. The smallest absolute Gasteiger partial charge is 0.410 e. The van der Waals surface area contributed by atoms with Crippen LogP contribution in [0, 0.1) is 0 Å². The molecule has 0 bridgehead atoms. The second kappa shape index (κ2) is 29.6. The van der Waals surface area contributed by atoms with Crippen molar-refractivity contribution >= 4 is 40.7 Å². The molecule has 0 aliphatic carbocycles. The first kappa shape index (κ1) is 57.0. The van der Waals surface area contributed by atoms with E-state index in [0.717, 1.165) is 123 Å². The summed E-state index contributed by atoms with van der Waals surface area (Å²) in [6.07, 6.45) is 14.6. The molecule has 3 amide bonds. The molecule has 0 unspecified atom stereocenters. The van der Waals surface area contributed by atoms with Gasteiger partial charge in [-0.2, -0.15) is 5.10 Å². The molecule has 3 aliphatic rings. The van der Waals surface area contributed by atoms with E-state index in [1.165, 1.54) is 12.0 Å². The van der Waals surface area contributed by atoms with Gasteiger partial charge < -0.3 is 41.0 Å². The van der Waals surface area contributed by atoms with Gasteiger partial charge in [-0.1, -0.05) is 81.0 Å². The Bertz CT molecular complexity index is 2430. The summed E-state index contributed by atoms with van der Waals surface area (Å²) in [7, 11) is 0. The molecule has 3 saturated heterocycles. The minimum Gasteiger partial charge on any atom is -0.444 e. The third-order valence-electron chi connectivity index (χ3n) is 12.5. The van der Waals surface area contributed by atoms with Crippen molar-refractivity contribution in [2.45, 2.75) is 126 Å². The van der Waals surface area contributed by atoms with Crippen LogP contribution in [-0.2, 0) is 35.5 Å². The van der Waals surface area contributed by atoms with E-state index in [1.807, 2.05) is 77.6 Å². The first-order valence-electron chi connectivity index (χ1n) is 26.4. The van der Waals surface area contributed by atoms with Gasteiger partial charge in [0.2, 0.25) is 0 Å². The zero-order valence-electron chi connectivity index (χ0n) is 44.8. The van der Waals surface area contributed by atoms with Crippen LogP contribution in [0.4, 0.5) is 10.5 Å². The number of allylic oxidation sites excluding steroid dienone is 3. The van der Waals surface area contributed by atoms with E-state index in [9.17, 15) is 14.4 Å². The van der Waals surface area contributed by atoms with Gasteiger partial charge in [-0.05, 0) is 128 Å². The summed E-state index contributed by atoms with van der Waals surface area (Å²) in [5, 5.41) is 22.2. The first-order valence-corrected chi connectivity index (χ1v) is 26.4. The normalized spacial score (nSPS) is 15.9. The fraction of sp³-hybridized carbons (Fsp3) is 0.526. The maximum atomic E-state index is 13.6. The average molecular weight is 989 g/mol. The number of ether oxygens (including phenoxy) is 2. The number of hydrogen-bond donors (Lipinski definition) is 5. The molecular weight excluding hydrogens is 905 g/mol. The number of benzene rings is 2. The van der Waals surface area contributed by atoms with E-state index in [0.29, 0.717) is 43.9 Å². The van der Waals surface area contributed by atoms with Crippen LogP contribution in [0.3, 0.4) is 0 Å². The molecule has 15 nitrogen and oxygen atoms in total. The Morgan fingerprint density at radius 2 is 1.56 bits per heavy atom. The minimum absolute atomic E-state index is 0.193. The highest BCUT2D eigenvalue weighted by Gasteiger charge is 2.24. The lowest BCUT2D eigenvalue weighted by Crippen LogP contribution is -2.38. The van der Waals surface area contributed by atoms with E-state index < -0.39 is 5.60 Å². The number of rotatable bonds is 15. The number of amides is 3. The lowest BCUT2D eigenvalue weighted by Gasteiger charge is -2.26. The number of carbonyl (C=O) groups excluding carboxylic acids is 3. The van der Waals surface area contributed by atoms with Crippen molar-refractivity contribution in [3.05, 3.63) is 118 Å². The summed E-state index contributed by atoms with van der Waals surface area (Å²) < 4.78 is 12.8. The highest BCUT2D eigenvalue weighted by molar-refractivity contribution is 6.00. The molecule has 2 aromatic heterocycles. The van der Waals surface area contributed by atoms with Gasteiger partial charge in [-0.15, -0.1) is 0 Å². The highest BCUT2D eigenvalue weighted by Crippen LogP contribution is 2.31. The minimum atomic E-state index is -0.392. The number of carbonyl (C=O) groups is 3. The summed E-state index contributed by atoms with van der Waals surface area (Å²) in [6.45, 7) is 29.4. The van der Waals surface area contributed by atoms with Gasteiger partial charge in [0.15, 0.2) is 5.65 Å². The van der Waals surface area contributed by atoms with E-state index >= 15 is 0 Å². The van der Waals surface area contributed by atoms with E-state index in [1.54, 1.807) is 29.2 Å². The zero-order chi connectivity index (χ0) is 51.9. The number of hydrogen-bond acceptors (Lipinski definition) is 11. The number of anilines is 1. The molecule has 392 valence electrons. The fourth-order valence-electron chi connectivity index (χ4n) is 8.66. The summed E-state index contributed by atoms with van der Waals surface area (Å²) in [4.78, 5) is 47.9. The summed E-state index contributed by atoms with van der Waals surface area (Å²) in [6, 6.07) is 15.8. The Labute approximate surface area is 429 Å². The second-order valence-electron chi connectivity index (χ2n) is 19.4. The van der Waals surface area contributed by atoms with Gasteiger partial charge in [0.25, 0.3) is 11.8 Å². The van der Waals surface area contributed by atoms with Crippen LogP contribution in [0.1, 0.15) is 131 Å². The Morgan fingerprint density at radius 1 is 0.861 bits per heavy atom. The predicted octanol–water partition coefficient (Wildman–Crippen LogP) is 8.91. The summed E-state index contributed by atoms with van der Waals surface area (Å²) in [5.41, 5.74) is 8.76. The number of nitrogens with one attached hydrogen (secondary N) is 5.